The molecule has 2 heterocycles. The van der Waals surface area contributed by atoms with Crippen LogP contribution in [0.3, 0.4) is 0 Å². The summed E-state index contributed by atoms with van der Waals surface area (Å²) in [6.45, 7) is 2.12. The van der Waals surface area contributed by atoms with E-state index < -0.39 is 12.1 Å². The van der Waals surface area contributed by atoms with Gasteiger partial charge in [0, 0.05) is 0 Å². The van der Waals surface area contributed by atoms with Gasteiger partial charge in [-0.25, -0.2) is 9.59 Å². The van der Waals surface area contributed by atoms with Crippen LogP contribution in [0.25, 0.3) is 0 Å². The minimum Gasteiger partial charge on any atom is -0.475 e. The van der Waals surface area contributed by atoms with Crippen LogP contribution >= 0.6 is 0 Å². The zero-order valence-electron chi connectivity index (χ0n) is 10.3. The SMILES string of the molecule is O=C(O)C(F)(F)F.O=C1CNCCC1N1CCOC1=O. The van der Waals surface area contributed by atoms with Crippen LogP contribution in [0, 0.1) is 0 Å². The van der Waals surface area contributed by atoms with Gasteiger partial charge in [0.25, 0.3) is 0 Å². The second kappa shape index (κ2) is 6.55. The van der Waals surface area contributed by atoms with Gasteiger partial charge in [-0.3, -0.25) is 9.69 Å². The lowest BCUT2D eigenvalue weighted by molar-refractivity contribution is -0.192. The number of carbonyl (C=O) groups is 3. The van der Waals surface area contributed by atoms with Crippen LogP contribution in [0.4, 0.5) is 18.0 Å². The number of ether oxygens (including phenoxy) is 1. The van der Waals surface area contributed by atoms with E-state index in [1.807, 2.05) is 0 Å². The number of carbonyl (C=O) groups excluding carboxylic acids is 2. The summed E-state index contributed by atoms with van der Waals surface area (Å²) >= 11 is 0. The highest BCUT2D eigenvalue weighted by Crippen LogP contribution is 2.14. The van der Waals surface area contributed by atoms with Gasteiger partial charge in [0.2, 0.25) is 0 Å². The summed E-state index contributed by atoms with van der Waals surface area (Å²) in [5, 5.41) is 10.1. The fourth-order valence-electron chi connectivity index (χ4n) is 1.75. The average Bonchev–Trinajstić information content (AvgIpc) is 2.75. The number of cyclic esters (lactones) is 1. The average molecular weight is 298 g/mol. The quantitative estimate of drug-likeness (QED) is 0.707. The molecule has 1 atom stereocenters. The Hall–Kier alpha value is -1.84. The number of halogens is 3. The standard InChI is InChI=1S/C8H12N2O3.C2HF3O2/c11-7-5-9-2-1-6(7)10-3-4-13-8(10)12;3-2(4,5)1(6)7/h6,9H,1-5H2;(H,6,7). The van der Waals surface area contributed by atoms with E-state index in [4.69, 9.17) is 14.6 Å². The zero-order valence-corrected chi connectivity index (χ0v) is 10.3. The van der Waals surface area contributed by atoms with Crippen molar-refractivity contribution < 1.29 is 37.4 Å². The summed E-state index contributed by atoms with van der Waals surface area (Å²) in [7, 11) is 0. The van der Waals surface area contributed by atoms with Gasteiger partial charge in [0.05, 0.1) is 19.1 Å². The summed E-state index contributed by atoms with van der Waals surface area (Å²) < 4.78 is 36.5. The number of amides is 1. The molecule has 1 amide bonds. The number of hydrogen-bond acceptors (Lipinski definition) is 5. The molecule has 20 heavy (non-hydrogen) atoms. The predicted octanol–water partition coefficient (Wildman–Crippen LogP) is 0.00290. The summed E-state index contributed by atoms with van der Waals surface area (Å²) in [5.74, 6) is -2.67. The van der Waals surface area contributed by atoms with E-state index in [2.05, 4.69) is 5.32 Å². The fraction of sp³-hybridized carbons (Fsp3) is 0.700. The number of Topliss-reactive ketones (excluding diaryl/α,β-unsaturated/α-hetero) is 1. The molecular formula is C10H13F3N2O5. The molecule has 2 rings (SSSR count). The van der Waals surface area contributed by atoms with Gasteiger partial charge in [0.1, 0.15) is 6.61 Å². The minimum absolute atomic E-state index is 0.0881. The molecule has 1 unspecified atom stereocenters. The lowest BCUT2D eigenvalue weighted by Gasteiger charge is -2.27. The first kappa shape index (κ1) is 16.2. The number of nitrogens with one attached hydrogen (secondary N) is 1. The zero-order chi connectivity index (χ0) is 15.3. The third-order valence-electron chi connectivity index (χ3n) is 2.68. The lowest BCUT2D eigenvalue weighted by atomic mass is 10.0. The van der Waals surface area contributed by atoms with Crippen molar-refractivity contribution in [3.05, 3.63) is 0 Å². The summed E-state index contributed by atoms with van der Waals surface area (Å²) in [6, 6.07) is -0.253. The Labute approximate surface area is 111 Å². The molecule has 114 valence electrons. The largest absolute Gasteiger partial charge is 0.490 e. The minimum atomic E-state index is -5.08. The van der Waals surface area contributed by atoms with Crippen molar-refractivity contribution >= 4 is 17.8 Å². The van der Waals surface area contributed by atoms with Crippen LogP contribution in [-0.4, -0.2) is 66.3 Å². The van der Waals surface area contributed by atoms with Gasteiger partial charge < -0.3 is 15.2 Å². The number of ketones is 1. The number of hydrogen-bond donors (Lipinski definition) is 2. The van der Waals surface area contributed by atoms with Crippen LogP contribution < -0.4 is 5.32 Å². The monoisotopic (exact) mass is 298 g/mol. The number of rotatable bonds is 1. The summed E-state index contributed by atoms with van der Waals surface area (Å²) in [4.78, 5) is 33.0. The van der Waals surface area contributed by atoms with Gasteiger partial charge in [0.15, 0.2) is 5.78 Å². The van der Waals surface area contributed by atoms with Crippen LogP contribution in [0.1, 0.15) is 6.42 Å². The topological polar surface area (TPSA) is 95.9 Å². The first-order valence-corrected chi connectivity index (χ1v) is 5.70. The third kappa shape index (κ3) is 4.37. The van der Waals surface area contributed by atoms with Crippen molar-refractivity contribution in [1.29, 1.82) is 0 Å². The number of carboxylic acids is 1. The molecule has 0 aromatic rings. The molecule has 10 heteroatoms. The summed E-state index contributed by atoms with van der Waals surface area (Å²) in [6.07, 6.45) is -4.73. The molecule has 2 aliphatic rings. The number of carboxylic acid groups (broad SMARTS) is 1. The Morgan fingerprint density at radius 3 is 2.40 bits per heavy atom. The van der Waals surface area contributed by atoms with Crippen molar-refractivity contribution in [2.45, 2.75) is 18.6 Å². The second-order valence-electron chi connectivity index (χ2n) is 4.06. The number of piperidine rings is 1. The molecule has 0 bridgehead atoms. The van der Waals surface area contributed by atoms with Gasteiger partial charge in [-0.05, 0) is 13.0 Å². The number of nitrogens with zero attached hydrogens (tertiary/aromatic N) is 1. The Kier molecular flexibility index (Phi) is 5.31. The van der Waals surface area contributed by atoms with Crippen molar-refractivity contribution in [3.63, 3.8) is 0 Å². The molecule has 0 spiro atoms. The highest BCUT2D eigenvalue weighted by molar-refractivity contribution is 5.89. The molecule has 0 aromatic carbocycles. The maximum Gasteiger partial charge on any atom is 0.490 e. The Morgan fingerprint density at radius 1 is 1.40 bits per heavy atom. The van der Waals surface area contributed by atoms with Crippen LogP contribution in [0.15, 0.2) is 0 Å². The number of aliphatic carboxylic acids is 1. The van der Waals surface area contributed by atoms with E-state index in [0.717, 1.165) is 6.54 Å². The molecule has 0 aliphatic carbocycles. The molecule has 2 saturated heterocycles. The molecule has 7 nitrogen and oxygen atoms in total. The fourth-order valence-corrected chi connectivity index (χ4v) is 1.75. The maximum absolute atomic E-state index is 11.4. The first-order valence-electron chi connectivity index (χ1n) is 5.70. The molecule has 0 aromatic heterocycles. The van der Waals surface area contributed by atoms with Crippen molar-refractivity contribution in [2.75, 3.05) is 26.2 Å². The number of alkyl halides is 3. The Balaban J connectivity index is 0.000000246. The first-order chi connectivity index (χ1) is 9.23. The van der Waals surface area contributed by atoms with E-state index >= 15 is 0 Å². The van der Waals surface area contributed by atoms with Crippen LogP contribution in [0.5, 0.6) is 0 Å². The molecule has 2 aliphatic heterocycles. The molecular weight excluding hydrogens is 285 g/mol. The van der Waals surface area contributed by atoms with Gasteiger partial charge in [-0.15, -0.1) is 0 Å². The predicted molar refractivity (Wildman–Crippen MR) is 58.0 cm³/mol. The molecule has 0 saturated carbocycles. The normalized spacial score (nSPS) is 22.9. The highest BCUT2D eigenvalue weighted by atomic mass is 19.4. The summed E-state index contributed by atoms with van der Waals surface area (Å²) in [5.41, 5.74) is 0. The Morgan fingerprint density at radius 2 is 2.00 bits per heavy atom. The molecule has 2 fully saturated rings. The van der Waals surface area contributed by atoms with Crippen molar-refractivity contribution in [2.24, 2.45) is 0 Å². The van der Waals surface area contributed by atoms with Gasteiger partial charge in [-0.2, -0.15) is 13.2 Å². The molecule has 0 radical (unpaired) electrons. The van der Waals surface area contributed by atoms with Gasteiger partial charge >= 0.3 is 18.2 Å². The van der Waals surface area contributed by atoms with E-state index in [-0.39, 0.29) is 17.9 Å². The van der Waals surface area contributed by atoms with Gasteiger partial charge in [-0.1, -0.05) is 0 Å². The highest BCUT2D eigenvalue weighted by Gasteiger charge is 2.38. The second-order valence-corrected chi connectivity index (χ2v) is 4.06. The van der Waals surface area contributed by atoms with Crippen molar-refractivity contribution in [3.8, 4) is 0 Å². The van der Waals surface area contributed by atoms with E-state index in [0.29, 0.717) is 26.1 Å². The third-order valence-corrected chi connectivity index (χ3v) is 2.68. The van der Waals surface area contributed by atoms with E-state index in [1.165, 1.54) is 4.90 Å². The molecule has 2 N–H and O–H groups in total. The lowest BCUT2D eigenvalue weighted by Crippen LogP contribution is -2.50. The van der Waals surface area contributed by atoms with Crippen LogP contribution in [-0.2, 0) is 14.3 Å². The van der Waals surface area contributed by atoms with E-state index in [1.54, 1.807) is 0 Å². The Bertz CT molecular complexity index is 399. The van der Waals surface area contributed by atoms with Crippen molar-refractivity contribution in [1.82, 2.24) is 10.2 Å². The maximum atomic E-state index is 11.4. The van der Waals surface area contributed by atoms with E-state index in [9.17, 15) is 22.8 Å². The van der Waals surface area contributed by atoms with Crippen LogP contribution in [0.2, 0.25) is 0 Å². The smallest absolute Gasteiger partial charge is 0.475 e.